The molecule has 0 atom stereocenters. The van der Waals surface area contributed by atoms with Gasteiger partial charge in [-0.1, -0.05) is 54.6 Å². The average molecular weight is 440 g/mol. The molecule has 2 aromatic heterocycles. The normalized spacial score (nSPS) is 10.9. The number of carbonyl (C=O) groups is 1. The van der Waals surface area contributed by atoms with Gasteiger partial charge in [0, 0.05) is 5.56 Å². The molecule has 5 rings (SSSR count). The molecule has 2 N–H and O–H groups in total. The first-order valence-corrected chi connectivity index (χ1v) is 10.4. The number of aromatic nitrogens is 6. The third-order valence-electron chi connectivity index (χ3n) is 5.14. The van der Waals surface area contributed by atoms with Gasteiger partial charge in [0.2, 0.25) is 5.82 Å². The highest BCUT2D eigenvalue weighted by Gasteiger charge is 2.16. The lowest BCUT2D eigenvalue weighted by molar-refractivity contribution is 0.0475. The number of esters is 1. The summed E-state index contributed by atoms with van der Waals surface area (Å²) in [5, 5.41) is 14.3. The fraction of sp³-hybridized carbons (Fsp3) is 0.125. The lowest BCUT2D eigenvalue weighted by Crippen LogP contribution is -2.06. The summed E-state index contributed by atoms with van der Waals surface area (Å²) in [6.45, 7) is 2.50. The van der Waals surface area contributed by atoms with Crippen molar-refractivity contribution in [2.24, 2.45) is 0 Å². The van der Waals surface area contributed by atoms with E-state index < -0.39 is 5.97 Å². The summed E-state index contributed by atoms with van der Waals surface area (Å²) in [6.07, 6.45) is 0. The zero-order valence-electron chi connectivity index (χ0n) is 17.8. The van der Waals surface area contributed by atoms with Gasteiger partial charge in [-0.15, -0.1) is 10.2 Å². The topological polar surface area (TPSA) is 119 Å². The maximum Gasteiger partial charge on any atom is 0.340 e. The summed E-state index contributed by atoms with van der Waals surface area (Å²) >= 11 is 0. The smallest absolute Gasteiger partial charge is 0.340 e. The van der Waals surface area contributed by atoms with E-state index in [1.54, 1.807) is 12.1 Å². The number of hydrogen-bond acceptors (Lipinski definition) is 7. The molecule has 33 heavy (non-hydrogen) atoms. The van der Waals surface area contributed by atoms with E-state index >= 15 is 0 Å². The molecule has 9 heteroatoms. The van der Waals surface area contributed by atoms with Crippen molar-refractivity contribution < 1.29 is 14.3 Å². The van der Waals surface area contributed by atoms with Gasteiger partial charge >= 0.3 is 5.97 Å². The first-order valence-electron chi connectivity index (χ1n) is 10.4. The van der Waals surface area contributed by atoms with Crippen LogP contribution >= 0.6 is 0 Å². The maximum absolute atomic E-state index is 12.7. The lowest BCUT2D eigenvalue weighted by Gasteiger charge is -2.09. The molecule has 0 amide bonds. The fourth-order valence-corrected chi connectivity index (χ4v) is 3.59. The average Bonchev–Trinajstić information content (AvgIpc) is 3.53. The summed E-state index contributed by atoms with van der Waals surface area (Å²) in [5.41, 5.74) is 5.36. The minimum atomic E-state index is -0.443. The molecule has 9 nitrogen and oxygen atoms in total. The molecule has 0 aliphatic carbocycles. The van der Waals surface area contributed by atoms with E-state index in [0.29, 0.717) is 29.5 Å². The lowest BCUT2D eigenvalue weighted by atomic mass is 9.98. The number of benzene rings is 3. The fourth-order valence-electron chi connectivity index (χ4n) is 3.59. The molecule has 3 aromatic carbocycles. The van der Waals surface area contributed by atoms with Gasteiger partial charge in [-0.3, -0.25) is 0 Å². The third kappa shape index (κ3) is 4.16. The number of nitrogens with zero attached hydrogens (tertiary/aromatic N) is 4. The minimum Gasteiger partial charge on any atom is -0.465 e. The van der Waals surface area contributed by atoms with Gasteiger partial charge in [0.05, 0.1) is 17.7 Å². The van der Waals surface area contributed by atoms with Gasteiger partial charge in [-0.2, -0.15) is 10.2 Å². The molecule has 0 radical (unpaired) electrons. The van der Waals surface area contributed by atoms with Crippen molar-refractivity contribution >= 4 is 17.0 Å². The van der Waals surface area contributed by atoms with Gasteiger partial charge in [0.15, 0.2) is 0 Å². The molecule has 0 aliphatic heterocycles. The largest absolute Gasteiger partial charge is 0.465 e. The molecule has 0 fully saturated rings. The number of H-pyrrole nitrogens is 2. The standard InChI is InChI=1S/C24H20N6O3/c1-2-32-24-25-20-9-5-8-19(21(20)26-24)23(31)33-14-15-10-12-16(13-11-15)17-6-3-4-7-18(17)22-27-29-30-28-22/h3-13H,2,14H2,1H3,(H,25,26)(H,27,28,29,30). The number of carbonyl (C=O) groups excluding carboxylic acids is 1. The van der Waals surface area contributed by atoms with Crippen molar-refractivity contribution in [3.05, 3.63) is 77.9 Å². The molecule has 164 valence electrons. The Morgan fingerprint density at radius 1 is 0.970 bits per heavy atom. The van der Waals surface area contributed by atoms with Crippen molar-refractivity contribution in [3.63, 3.8) is 0 Å². The number of ether oxygens (including phenoxy) is 2. The van der Waals surface area contributed by atoms with Crippen molar-refractivity contribution in [3.8, 4) is 28.5 Å². The predicted octanol–water partition coefficient (Wildman–Crippen LogP) is 4.17. The van der Waals surface area contributed by atoms with Crippen molar-refractivity contribution in [1.82, 2.24) is 30.6 Å². The van der Waals surface area contributed by atoms with E-state index in [9.17, 15) is 4.79 Å². The summed E-state index contributed by atoms with van der Waals surface area (Å²) in [4.78, 5) is 20.1. The van der Waals surface area contributed by atoms with E-state index in [-0.39, 0.29) is 6.61 Å². The first kappa shape index (κ1) is 20.4. The number of para-hydroxylation sites is 1. The second-order valence-corrected chi connectivity index (χ2v) is 7.23. The number of hydrogen-bond donors (Lipinski definition) is 2. The van der Waals surface area contributed by atoms with Crippen LogP contribution < -0.4 is 4.74 Å². The Labute approximate surface area is 188 Å². The maximum atomic E-state index is 12.7. The number of aromatic amines is 2. The zero-order chi connectivity index (χ0) is 22.6. The quantitative estimate of drug-likeness (QED) is 0.365. The highest BCUT2D eigenvalue weighted by atomic mass is 16.5. The van der Waals surface area contributed by atoms with Crippen LogP contribution in [0.2, 0.25) is 0 Å². The summed E-state index contributed by atoms with van der Waals surface area (Å²) in [5.74, 6) is 0.0883. The number of fused-ring (bicyclic) bond motifs is 1. The number of imidazole rings is 1. The van der Waals surface area contributed by atoms with Crippen LogP contribution in [-0.4, -0.2) is 43.2 Å². The van der Waals surface area contributed by atoms with E-state index in [0.717, 1.165) is 27.8 Å². The summed E-state index contributed by atoms with van der Waals surface area (Å²) in [7, 11) is 0. The Bertz CT molecular complexity index is 1390. The first-order chi connectivity index (χ1) is 16.2. The summed E-state index contributed by atoms with van der Waals surface area (Å²) in [6, 6.07) is 21.3. The Kier molecular flexibility index (Phi) is 5.50. The Balaban J connectivity index is 1.31. The molecule has 0 spiro atoms. The molecule has 0 bridgehead atoms. The van der Waals surface area contributed by atoms with Crippen molar-refractivity contribution in [1.29, 1.82) is 0 Å². The predicted molar refractivity (Wildman–Crippen MR) is 121 cm³/mol. The number of rotatable bonds is 7. The van der Waals surface area contributed by atoms with Crippen LogP contribution in [0, 0.1) is 0 Å². The van der Waals surface area contributed by atoms with Crippen LogP contribution in [-0.2, 0) is 11.3 Å². The molecule has 0 saturated heterocycles. The third-order valence-corrected chi connectivity index (χ3v) is 5.14. The molecule has 5 aromatic rings. The van der Waals surface area contributed by atoms with Crippen LogP contribution in [0.25, 0.3) is 33.5 Å². The van der Waals surface area contributed by atoms with Crippen LogP contribution in [0.1, 0.15) is 22.8 Å². The molecular formula is C24H20N6O3. The van der Waals surface area contributed by atoms with Gasteiger partial charge < -0.3 is 14.5 Å². The molecule has 2 heterocycles. The van der Waals surface area contributed by atoms with Gasteiger partial charge in [-0.25, -0.2) is 4.79 Å². The Hall–Kier alpha value is -4.53. The van der Waals surface area contributed by atoms with E-state index in [4.69, 9.17) is 9.47 Å². The molecule has 0 unspecified atom stereocenters. The molecular weight excluding hydrogens is 420 g/mol. The van der Waals surface area contributed by atoms with Crippen LogP contribution in [0.4, 0.5) is 0 Å². The summed E-state index contributed by atoms with van der Waals surface area (Å²) < 4.78 is 11.0. The van der Waals surface area contributed by atoms with E-state index in [2.05, 4.69) is 30.6 Å². The van der Waals surface area contributed by atoms with Crippen LogP contribution in [0.5, 0.6) is 6.01 Å². The van der Waals surface area contributed by atoms with Crippen molar-refractivity contribution in [2.75, 3.05) is 6.61 Å². The Morgan fingerprint density at radius 2 is 1.79 bits per heavy atom. The van der Waals surface area contributed by atoms with Crippen molar-refractivity contribution in [2.45, 2.75) is 13.5 Å². The van der Waals surface area contributed by atoms with Crippen LogP contribution in [0.3, 0.4) is 0 Å². The van der Waals surface area contributed by atoms with Crippen LogP contribution in [0.15, 0.2) is 66.7 Å². The number of tetrazole rings is 1. The molecule has 0 saturated carbocycles. The monoisotopic (exact) mass is 440 g/mol. The SMILES string of the molecule is CCOc1nc2c(C(=O)OCc3ccc(-c4ccccc4-c4nn[nH]n4)cc3)cccc2[nH]1. The zero-order valence-corrected chi connectivity index (χ0v) is 17.8. The minimum absolute atomic E-state index is 0.144. The highest BCUT2D eigenvalue weighted by molar-refractivity contribution is 6.02. The second kappa shape index (κ2) is 8.91. The van der Waals surface area contributed by atoms with Gasteiger partial charge in [0.1, 0.15) is 12.1 Å². The van der Waals surface area contributed by atoms with Gasteiger partial charge in [0.25, 0.3) is 6.01 Å². The van der Waals surface area contributed by atoms with Gasteiger partial charge in [-0.05, 0) is 41.0 Å². The highest BCUT2D eigenvalue weighted by Crippen LogP contribution is 2.30. The number of nitrogens with one attached hydrogen (secondary N) is 2. The van der Waals surface area contributed by atoms with E-state index in [1.807, 2.05) is 61.5 Å². The second-order valence-electron chi connectivity index (χ2n) is 7.23. The molecule has 0 aliphatic rings. The van der Waals surface area contributed by atoms with E-state index in [1.165, 1.54) is 0 Å². The Morgan fingerprint density at radius 3 is 2.55 bits per heavy atom.